The molecule has 34 heavy (non-hydrogen) atoms. The van der Waals surface area contributed by atoms with Gasteiger partial charge in [-0.3, -0.25) is 4.57 Å². The molecule has 0 aliphatic carbocycles. The molecule has 0 unspecified atom stereocenters. The highest BCUT2D eigenvalue weighted by Gasteiger charge is 2.17. The third-order valence-electron chi connectivity index (χ3n) is 4.89. The summed E-state index contributed by atoms with van der Waals surface area (Å²) in [6, 6.07) is 16.7. The number of halogens is 2. The van der Waals surface area contributed by atoms with E-state index in [0.717, 1.165) is 0 Å². The first-order chi connectivity index (χ1) is 16.6. The molecule has 0 aliphatic heterocycles. The molecule has 5 rings (SSSR count). The van der Waals surface area contributed by atoms with Crippen LogP contribution in [0.4, 0.5) is 4.39 Å². The first-order valence-corrected chi connectivity index (χ1v) is 10.5. The molecule has 0 radical (unpaired) electrons. The van der Waals surface area contributed by atoms with E-state index in [1.165, 1.54) is 19.2 Å². The molecule has 0 saturated heterocycles. The molecule has 10 heteroatoms. The Hall–Kier alpha value is -4.37. The van der Waals surface area contributed by atoms with Crippen LogP contribution < -0.4 is 4.74 Å². The van der Waals surface area contributed by atoms with Crippen LogP contribution in [-0.4, -0.2) is 37.1 Å². The Bertz CT molecular complexity index is 1480. The maximum Gasteiger partial charge on any atom is 0.248 e. The third kappa shape index (κ3) is 4.28. The van der Waals surface area contributed by atoms with Crippen LogP contribution in [0, 0.1) is 5.82 Å². The summed E-state index contributed by atoms with van der Waals surface area (Å²) < 4.78 is 26.1. The van der Waals surface area contributed by atoms with Gasteiger partial charge in [-0.1, -0.05) is 23.7 Å². The standard InChI is InChI=1S/C24H16ClFN6O2/c1-33-22-14-16(12-13-27-22)24-31-29-21(34-24)11-10-20-28-30-23(15-6-8-17(26)9-7-15)32(20)19-5-3-2-4-18(19)25/h2-14H,1H3/b11-10+. The molecule has 0 fully saturated rings. The Labute approximate surface area is 198 Å². The zero-order chi connectivity index (χ0) is 23.5. The quantitative estimate of drug-likeness (QED) is 0.327. The lowest BCUT2D eigenvalue weighted by molar-refractivity contribution is 0.398. The lowest BCUT2D eigenvalue weighted by Crippen LogP contribution is -2.01. The van der Waals surface area contributed by atoms with Crippen molar-refractivity contribution in [1.82, 2.24) is 29.9 Å². The largest absolute Gasteiger partial charge is 0.481 e. The highest BCUT2D eigenvalue weighted by atomic mass is 35.5. The number of ether oxygens (including phenoxy) is 1. The topological polar surface area (TPSA) is 91.8 Å². The maximum atomic E-state index is 13.5. The van der Waals surface area contributed by atoms with Crippen molar-refractivity contribution in [3.8, 4) is 34.4 Å². The van der Waals surface area contributed by atoms with Gasteiger partial charge in [-0.2, -0.15) is 0 Å². The van der Waals surface area contributed by atoms with Gasteiger partial charge >= 0.3 is 0 Å². The summed E-state index contributed by atoms with van der Waals surface area (Å²) in [5.41, 5.74) is 2.03. The molecule has 0 N–H and O–H groups in total. The Morgan fingerprint density at radius 1 is 0.941 bits per heavy atom. The summed E-state index contributed by atoms with van der Waals surface area (Å²) in [5.74, 6) is 1.66. The molecular weight excluding hydrogens is 459 g/mol. The van der Waals surface area contributed by atoms with E-state index in [2.05, 4.69) is 25.4 Å². The second kappa shape index (κ2) is 9.24. The van der Waals surface area contributed by atoms with Gasteiger partial charge in [-0.15, -0.1) is 20.4 Å². The van der Waals surface area contributed by atoms with E-state index < -0.39 is 0 Å². The Balaban J connectivity index is 1.53. The van der Waals surface area contributed by atoms with Crippen molar-refractivity contribution in [3.05, 3.63) is 89.4 Å². The van der Waals surface area contributed by atoms with Crippen molar-refractivity contribution in [2.24, 2.45) is 0 Å². The molecule has 0 saturated carbocycles. The molecule has 0 aliphatic rings. The van der Waals surface area contributed by atoms with Crippen molar-refractivity contribution in [2.45, 2.75) is 0 Å². The monoisotopic (exact) mass is 474 g/mol. The number of pyridine rings is 1. The molecule has 0 atom stereocenters. The number of para-hydroxylation sites is 1. The first kappa shape index (κ1) is 21.5. The lowest BCUT2D eigenvalue weighted by atomic mass is 10.2. The van der Waals surface area contributed by atoms with E-state index in [-0.39, 0.29) is 11.7 Å². The van der Waals surface area contributed by atoms with E-state index in [0.29, 0.717) is 45.3 Å². The van der Waals surface area contributed by atoms with Crippen molar-refractivity contribution < 1.29 is 13.5 Å². The molecule has 3 aromatic heterocycles. The van der Waals surface area contributed by atoms with E-state index in [1.807, 2.05) is 18.2 Å². The van der Waals surface area contributed by atoms with Crippen LogP contribution in [0.15, 0.2) is 71.3 Å². The third-order valence-corrected chi connectivity index (χ3v) is 5.21. The summed E-state index contributed by atoms with van der Waals surface area (Å²) in [5, 5.41) is 17.3. The summed E-state index contributed by atoms with van der Waals surface area (Å²) in [4.78, 5) is 4.07. The van der Waals surface area contributed by atoms with E-state index in [1.54, 1.807) is 53.2 Å². The van der Waals surface area contributed by atoms with Gasteiger partial charge in [0.2, 0.25) is 17.7 Å². The van der Waals surface area contributed by atoms with Crippen LogP contribution in [0.2, 0.25) is 5.02 Å². The fourth-order valence-electron chi connectivity index (χ4n) is 3.28. The van der Waals surface area contributed by atoms with E-state index in [9.17, 15) is 4.39 Å². The highest BCUT2D eigenvalue weighted by Crippen LogP contribution is 2.29. The summed E-state index contributed by atoms with van der Waals surface area (Å²) in [6.07, 6.45) is 4.91. The second-order valence-electron chi connectivity index (χ2n) is 7.04. The second-order valence-corrected chi connectivity index (χ2v) is 7.45. The van der Waals surface area contributed by atoms with E-state index >= 15 is 0 Å². The Morgan fingerprint density at radius 3 is 2.56 bits per heavy atom. The average Bonchev–Trinajstić information content (AvgIpc) is 3.51. The molecule has 0 amide bonds. The molecular formula is C24H16ClFN6O2. The molecule has 5 aromatic rings. The smallest absolute Gasteiger partial charge is 0.248 e. The van der Waals surface area contributed by atoms with Gasteiger partial charge in [0.15, 0.2) is 11.6 Å². The zero-order valence-corrected chi connectivity index (χ0v) is 18.5. The van der Waals surface area contributed by atoms with Crippen LogP contribution in [0.5, 0.6) is 5.88 Å². The van der Waals surface area contributed by atoms with Gasteiger partial charge in [0.1, 0.15) is 5.82 Å². The molecule has 0 bridgehead atoms. The SMILES string of the molecule is COc1cc(-c2nnc(/C=C/c3nnc(-c4ccc(F)cc4)n3-c3ccccc3Cl)o2)ccn1. The summed E-state index contributed by atoms with van der Waals surface area (Å²) >= 11 is 6.47. The van der Waals surface area contributed by atoms with Crippen molar-refractivity contribution >= 4 is 23.8 Å². The minimum Gasteiger partial charge on any atom is -0.481 e. The number of hydrogen-bond donors (Lipinski definition) is 0. The Morgan fingerprint density at radius 2 is 1.76 bits per heavy atom. The van der Waals surface area contributed by atoms with Crippen molar-refractivity contribution in [1.29, 1.82) is 0 Å². The zero-order valence-electron chi connectivity index (χ0n) is 17.8. The van der Waals surface area contributed by atoms with Gasteiger partial charge in [0, 0.05) is 29.5 Å². The molecule has 8 nitrogen and oxygen atoms in total. The molecule has 2 aromatic carbocycles. The number of aromatic nitrogens is 6. The fraction of sp³-hybridized carbons (Fsp3) is 0.0417. The van der Waals surface area contributed by atoms with Crippen molar-refractivity contribution in [3.63, 3.8) is 0 Å². The number of benzene rings is 2. The predicted octanol–water partition coefficient (Wildman–Crippen LogP) is 5.35. The fourth-order valence-corrected chi connectivity index (χ4v) is 3.50. The average molecular weight is 475 g/mol. The molecule has 3 heterocycles. The van der Waals surface area contributed by atoms with Gasteiger partial charge in [-0.25, -0.2) is 9.37 Å². The number of hydrogen-bond acceptors (Lipinski definition) is 7. The van der Waals surface area contributed by atoms with Crippen LogP contribution in [0.3, 0.4) is 0 Å². The Kier molecular flexibility index (Phi) is 5.84. The van der Waals surface area contributed by atoms with Gasteiger partial charge < -0.3 is 9.15 Å². The van der Waals surface area contributed by atoms with Crippen LogP contribution in [-0.2, 0) is 0 Å². The van der Waals surface area contributed by atoms with Gasteiger partial charge in [0.05, 0.1) is 17.8 Å². The van der Waals surface area contributed by atoms with Crippen LogP contribution in [0.25, 0.3) is 40.7 Å². The number of nitrogens with zero attached hydrogens (tertiary/aromatic N) is 6. The minimum absolute atomic E-state index is 0.266. The number of methoxy groups -OCH3 is 1. The first-order valence-electron chi connectivity index (χ1n) is 10.1. The van der Waals surface area contributed by atoms with Gasteiger partial charge in [-0.05, 0) is 48.5 Å². The van der Waals surface area contributed by atoms with Crippen LogP contribution >= 0.6 is 11.6 Å². The van der Waals surface area contributed by atoms with Crippen molar-refractivity contribution in [2.75, 3.05) is 7.11 Å². The summed E-state index contributed by atoms with van der Waals surface area (Å²) in [6.45, 7) is 0. The number of rotatable bonds is 6. The summed E-state index contributed by atoms with van der Waals surface area (Å²) in [7, 11) is 1.53. The maximum absolute atomic E-state index is 13.5. The van der Waals surface area contributed by atoms with Gasteiger partial charge in [0.25, 0.3) is 0 Å². The minimum atomic E-state index is -0.341. The molecule has 168 valence electrons. The van der Waals surface area contributed by atoms with Crippen LogP contribution in [0.1, 0.15) is 11.7 Å². The normalized spacial score (nSPS) is 11.3. The molecule has 0 spiro atoms. The predicted molar refractivity (Wildman–Crippen MR) is 125 cm³/mol. The highest BCUT2D eigenvalue weighted by molar-refractivity contribution is 6.32. The lowest BCUT2D eigenvalue weighted by Gasteiger charge is -2.10. The van der Waals surface area contributed by atoms with E-state index in [4.69, 9.17) is 20.8 Å².